The summed E-state index contributed by atoms with van der Waals surface area (Å²) in [6.07, 6.45) is 0.991. The van der Waals surface area contributed by atoms with Gasteiger partial charge in [-0.2, -0.15) is 0 Å². The highest BCUT2D eigenvalue weighted by Gasteiger charge is 2.44. The normalized spacial score (nSPS) is 15.9. The van der Waals surface area contributed by atoms with Gasteiger partial charge in [0.2, 0.25) is 17.7 Å². The number of hydrogen-bond acceptors (Lipinski definition) is 6. The molecule has 1 fully saturated rings. The smallest absolute Gasteiger partial charge is 0.257 e. The molecule has 0 N–H and O–H groups in total. The predicted octanol–water partition coefficient (Wildman–Crippen LogP) is 5.02. The molecule has 1 atom stereocenters. The molecular formula is C26H23N3O4S. The summed E-state index contributed by atoms with van der Waals surface area (Å²) < 4.78 is 5.81. The highest BCUT2D eigenvalue weighted by atomic mass is 32.1. The summed E-state index contributed by atoms with van der Waals surface area (Å²) in [4.78, 5) is 47.3. The molecule has 3 heterocycles. The number of rotatable bonds is 7. The van der Waals surface area contributed by atoms with E-state index < -0.39 is 6.04 Å². The Morgan fingerprint density at radius 1 is 1.12 bits per heavy atom. The Morgan fingerprint density at radius 3 is 2.62 bits per heavy atom. The molecule has 1 unspecified atom stereocenters. The fourth-order valence-corrected chi connectivity index (χ4v) is 4.88. The SMILES string of the molecule is CCCC(=O)N(Cc1cccs1)C1CC(=O)N(c2ccc(-c3nc4ccccc4o3)cc2)C1=O. The van der Waals surface area contributed by atoms with E-state index in [0.717, 1.165) is 16.0 Å². The number of anilines is 1. The van der Waals surface area contributed by atoms with E-state index in [0.29, 0.717) is 36.5 Å². The first-order valence-corrected chi connectivity index (χ1v) is 12.1. The van der Waals surface area contributed by atoms with Crippen molar-refractivity contribution in [1.82, 2.24) is 9.88 Å². The van der Waals surface area contributed by atoms with Crippen molar-refractivity contribution in [3.8, 4) is 11.5 Å². The van der Waals surface area contributed by atoms with Crippen molar-refractivity contribution >= 4 is 45.8 Å². The molecule has 0 saturated carbocycles. The summed E-state index contributed by atoms with van der Waals surface area (Å²) in [6, 6.07) is 17.5. The number of nitrogens with zero attached hydrogens (tertiary/aromatic N) is 3. The summed E-state index contributed by atoms with van der Waals surface area (Å²) in [5.41, 5.74) is 2.67. The summed E-state index contributed by atoms with van der Waals surface area (Å²) in [6.45, 7) is 2.25. The number of fused-ring (bicyclic) bond motifs is 1. The van der Waals surface area contributed by atoms with Crippen LogP contribution in [-0.4, -0.2) is 33.6 Å². The van der Waals surface area contributed by atoms with E-state index in [-0.39, 0.29) is 24.1 Å². The van der Waals surface area contributed by atoms with Gasteiger partial charge in [-0.05, 0) is 54.3 Å². The van der Waals surface area contributed by atoms with Crippen LogP contribution in [0.3, 0.4) is 0 Å². The lowest BCUT2D eigenvalue weighted by Crippen LogP contribution is -2.44. The molecule has 4 aromatic rings. The Labute approximate surface area is 200 Å². The van der Waals surface area contributed by atoms with Gasteiger partial charge in [-0.15, -0.1) is 11.3 Å². The van der Waals surface area contributed by atoms with Crippen LogP contribution in [-0.2, 0) is 20.9 Å². The molecule has 1 saturated heterocycles. The predicted molar refractivity (Wildman–Crippen MR) is 130 cm³/mol. The Hall–Kier alpha value is -3.78. The second-order valence-electron chi connectivity index (χ2n) is 8.17. The number of oxazole rings is 1. The maximum Gasteiger partial charge on any atom is 0.257 e. The Morgan fingerprint density at radius 2 is 1.91 bits per heavy atom. The van der Waals surface area contributed by atoms with Crippen LogP contribution in [0.5, 0.6) is 0 Å². The van der Waals surface area contributed by atoms with Crippen LogP contribution in [0.15, 0.2) is 70.5 Å². The zero-order valence-electron chi connectivity index (χ0n) is 18.6. The minimum absolute atomic E-state index is 0.0213. The number of carbonyl (C=O) groups excluding carboxylic acids is 3. The number of aromatic nitrogens is 1. The lowest BCUT2D eigenvalue weighted by atomic mass is 10.1. The second kappa shape index (κ2) is 9.23. The minimum Gasteiger partial charge on any atom is -0.436 e. The maximum atomic E-state index is 13.4. The summed E-state index contributed by atoms with van der Waals surface area (Å²) in [7, 11) is 0. The van der Waals surface area contributed by atoms with E-state index in [9.17, 15) is 14.4 Å². The summed E-state index contributed by atoms with van der Waals surface area (Å²) in [5.74, 6) is -0.335. The zero-order chi connectivity index (χ0) is 23.7. The van der Waals surface area contributed by atoms with Crippen LogP contribution >= 0.6 is 11.3 Å². The van der Waals surface area contributed by atoms with Crippen LogP contribution in [0, 0.1) is 0 Å². The molecule has 1 aliphatic rings. The van der Waals surface area contributed by atoms with Gasteiger partial charge in [-0.3, -0.25) is 14.4 Å². The lowest BCUT2D eigenvalue weighted by Gasteiger charge is -2.27. The van der Waals surface area contributed by atoms with Crippen LogP contribution in [0.25, 0.3) is 22.6 Å². The molecule has 1 aliphatic heterocycles. The van der Waals surface area contributed by atoms with Crippen molar-refractivity contribution in [2.75, 3.05) is 4.90 Å². The van der Waals surface area contributed by atoms with E-state index in [2.05, 4.69) is 4.98 Å². The van der Waals surface area contributed by atoms with Gasteiger partial charge in [0.25, 0.3) is 5.91 Å². The third-order valence-electron chi connectivity index (χ3n) is 5.86. The summed E-state index contributed by atoms with van der Waals surface area (Å²) in [5, 5.41) is 1.93. The van der Waals surface area contributed by atoms with Crippen LogP contribution < -0.4 is 4.90 Å². The van der Waals surface area contributed by atoms with E-state index >= 15 is 0 Å². The molecule has 0 radical (unpaired) electrons. The number of amides is 3. The van der Waals surface area contributed by atoms with Crippen molar-refractivity contribution < 1.29 is 18.8 Å². The van der Waals surface area contributed by atoms with E-state index in [1.165, 1.54) is 16.2 Å². The van der Waals surface area contributed by atoms with Gasteiger partial charge in [0.15, 0.2) is 5.58 Å². The molecular weight excluding hydrogens is 450 g/mol. The van der Waals surface area contributed by atoms with Crippen molar-refractivity contribution in [3.63, 3.8) is 0 Å². The molecule has 7 nitrogen and oxygen atoms in total. The largest absolute Gasteiger partial charge is 0.436 e. The zero-order valence-corrected chi connectivity index (χ0v) is 19.5. The molecule has 0 aliphatic carbocycles. The monoisotopic (exact) mass is 473 g/mol. The molecule has 2 aromatic carbocycles. The average Bonchev–Trinajstić information content (AvgIpc) is 3.57. The van der Waals surface area contributed by atoms with E-state index in [1.807, 2.05) is 48.7 Å². The fourth-order valence-electron chi connectivity index (χ4n) is 4.18. The van der Waals surface area contributed by atoms with Gasteiger partial charge < -0.3 is 9.32 Å². The molecule has 8 heteroatoms. The van der Waals surface area contributed by atoms with Crippen LogP contribution in [0.2, 0.25) is 0 Å². The number of benzene rings is 2. The quantitative estimate of drug-likeness (QED) is 0.352. The van der Waals surface area contributed by atoms with Gasteiger partial charge in [0, 0.05) is 16.9 Å². The van der Waals surface area contributed by atoms with Crippen molar-refractivity contribution in [1.29, 1.82) is 0 Å². The van der Waals surface area contributed by atoms with E-state index in [1.54, 1.807) is 29.2 Å². The van der Waals surface area contributed by atoms with Gasteiger partial charge in [-0.25, -0.2) is 9.88 Å². The maximum absolute atomic E-state index is 13.4. The fraction of sp³-hybridized carbons (Fsp3) is 0.231. The van der Waals surface area contributed by atoms with Crippen molar-refractivity contribution in [2.45, 2.75) is 38.8 Å². The van der Waals surface area contributed by atoms with Gasteiger partial charge in [-0.1, -0.05) is 25.1 Å². The molecule has 5 rings (SSSR count). The van der Waals surface area contributed by atoms with Crippen LogP contribution in [0.4, 0.5) is 5.69 Å². The molecule has 0 spiro atoms. The first kappa shape index (κ1) is 22.0. The Balaban J connectivity index is 1.39. The average molecular weight is 474 g/mol. The second-order valence-corrected chi connectivity index (χ2v) is 9.20. The van der Waals surface area contributed by atoms with E-state index in [4.69, 9.17) is 4.42 Å². The topological polar surface area (TPSA) is 83.7 Å². The third-order valence-corrected chi connectivity index (χ3v) is 6.72. The molecule has 0 bridgehead atoms. The molecule has 2 aromatic heterocycles. The van der Waals surface area contributed by atoms with Gasteiger partial charge in [0.1, 0.15) is 11.6 Å². The number of imide groups is 1. The standard InChI is InChI=1S/C26H23N3O4S/c1-2-6-23(30)28(16-19-7-5-14-34-19)21-15-24(31)29(26(21)32)18-12-10-17(11-13-18)25-27-20-8-3-4-9-22(20)33-25/h3-5,7-14,21H,2,6,15-16H2,1H3. The van der Waals surface area contributed by atoms with Gasteiger partial charge >= 0.3 is 0 Å². The number of para-hydroxylation sites is 2. The van der Waals surface area contributed by atoms with Crippen molar-refractivity contribution in [3.05, 3.63) is 70.9 Å². The minimum atomic E-state index is -0.801. The first-order chi connectivity index (χ1) is 16.5. The molecule has 3 amide bonds. The van der Waals surface area contributed by atoms with Gasteiger partial charge in [0.05, 0.1) is 18.7 Å². The van der Waals surface area contributed by atoms with Crippen molar-refractivity contribution in [2.24, 2.45) is 0 Å². The first-order valence-electron chi connectivity index (χ1n) is 11.2. The number of carbonyl (C=O) groups is 3. The highest BCUT2D eigenvalue weighted by molar-refractivity contribution is 7.09. The Kier molecular flexibility index (Phi) is 5.98. The summed E-state index contributed by atoms with van der Waals surface area (Å²) >= 11 is 1.53. The molecule has 34 heavy (non-hydrogen) atoms. The number of hydrogen-bond donors (Lipinski definition) is 0. The third kappa shape index (κ3) is 4.12. The highest BCUT2D eigenvalue weighted by Crippen LogP contribution is 2.30. The van der Waals surface area contributed by atoms with Crippen LogP contribution in [0.1, 0.15) is 31.1 Å². The molecule has 172 valence electrons. The lowest BCUT2D eigenvalue weighted by molar-refractivity contribution is -0.139. The number of thiophene rings is 1. The Bertz CT molecular complexity index is 1310.